The number of aliphatic imine (C=N–C) groups is 2. The van der Waals surface area contributed by atoms with Crippen LogP contribution in [0.3, 0.4) is 0 Å². The Labute approximate surface area is 438 Å². The Hall–Kier alpha value is -7.69. The fourth-order valence-corrected chi connectivity index (χ4v) is 7.67. The first-order valence-electron chi connectivity index (χ1n) is 24.2. The first-order valence-corrected chi connectivity index (χ1v) is 25.6. The van der Waals surface area contributed by atoms with Gasteiger partial charge in [-0.15, -0.1) is 0 Å². The summed E-state index contributed by atoms with van der Waals surface area (Å²) in [4.78, 5) is 142. The molecule has 1 heterocycles. The number of guanidine groups is 2. The summed E-state index contributed by atoms with van der Waals surface area (Å²) in [6.45, 7) is 3.87. The van der Waals surface area contributed by atoms with Gasteiger partial charge in [0.2, 0.25) is 53.2 Å². The van der Waals surface area contributed by atoms with E-state index in [1.54, 1.807) is 30.5 Å². The number of para-hydroxylation sites is 1. The quantitative estimate of drug-likeness (QED) is 0.0176. The van der Waals surface area contributed by atoms with E-state index >= 15 is 0 Å². The molecule has 0 aliphatic carbocycles. The number of carboxylic acids is 1. The molecule has 1 aromatic carbocycles. The third-order valence-corrected chi connectivity index (χ3v) is 11.7. The smallest absolute Gasteiger partial charge is 0.326 e. The van der Waals surface area contributed by atoms with E-state index in [-0.39, 0.29) is 82.3 Å². The molecule has 28 nitrogen and oxygen atoms in total. The topological polar surface area (TPSA) is 484 Å². The lowest BCUT2D eigenvalue weighted by Gasteiger charge is -2.26. The van der Waals surface area contributed by atoms with E-state index < -0.39 is 121 Å². The number of H-pyrrole nitrogens is 1. The first kappa shape index (κ1) is 63.4. The van der Waals surface area contributed by atoms with Crippen LogP contribution in [0, 0.1) is 5.92 Å². The predicted octanol–water partition coefficient (Wildman–Crippen LogP) is -4.54. The lowest BCUT2D eigenvalue weighted by atomic mass is 10.0. The van der Waals surface area contributed by atoms with Gasteiger partial charge in [-0.3, -0.25) is 53.1 Å². The molecule has 9 amide bonds. The zero-order chi connectivity index (χ0) is 56.2. The standard InChI is InChI=1S/C46H75N17O11S/c1-24(2)19-33(62-42(71)31(15-18-75-4)59-38(67)25(3)47)39(68)57-22-36(65)56-23-37(66)58-29(11-7-16-53-45(49)50)40(69)60-30(13-14-35(48)64)41(70)63-34(20-26-21-55-28-10-6-5-9-27(26)28)43(72)61-32(44(73)74)12-8-17-54-46(51)52/h5-6,9-10,21,24-25,29-34,55H,7-8,11-20,22-23,47H2,1-4H3,(H2,48,64)(H,56,65)(H,57,68)(H,58,66)(H,59,67)(H,60,69)(H,61,72)(H,62,71)(H,63,70)(H,73,74)(H4,49,50,53)(H4,51,52,54)/t25-,29-,30-,31-,32-,33-,34-/m0/s1. The van der Waals surface area contributed by atoms with Crippen molar-refractivity contribution in [1.82, 2.24) is 47.5 Å². The highest BCUT2D eigenvalue weighted by Crippen LogP contribution is 2.20. The lowest BCUT2D eigenvalue weighted by molar-refractivity contribution is -0.142. The third-order valence-electron chi connectivity index (χ3n) is 11.1. The Kier molecular flexibility index (Phi) is 28.1. The van der Waals surface area contributed by atoms with Crippen LogP contribution in [-0.2, 0) is 54.4 Å². The summed E-state index contributed by atoms with van der Waals surface area (Å²) in [6.07, 6.45) is 2.99. The van der Waals surface area contributed by atoms with E-state index in [1.807, 2.05) is 20.1 Å². The number of nitrogens with zero attached hydrogens (tertiary/aromatic N) is 2. The van der Waals surface area contributed by atoms with Crippen molar-refractivity contribution in [3.05, 3.63) is 36.0 Å². The second kappa shape index (κ2) is 33.2. The van der Waals surface area contributed by atoms with Crippen LogP contribution in [0.15, 0.2) is 40.4 Å². The molecular formula is C46H75N17O11S. The molecule has 0 bridgehead atoms. The Morgan fingerprint density at radius 1 is 0.613 bits per heavy atom. The average Bonchev–Trinajstić information content (AvgIpc) is 3.75. The number of nitrogens with two attached hydrogens (primary N) is 6. The van der Waals surface area contributed by atoms with Crippen LogP contribution in [0.25, 0.3) is 10.9 Å². The van der Waals surface area contributed by atoms with Gasteiger partial charge in [0.25, 0.3) is 0 Å². The number of hydrogen-bond acceptors (Lipinski definition) is 14. The zero-order valence-corrected chi connectivity index (χ0v) is 43.5. The molecule has 1 aromatic heterocycles. The van der Waals surface area contributed by atoms with Crippen LogP contribution >= 0.6 is 11.8 Å². The summed E-state index contributed by atoms with van der Waals surface area (Å²) in [5, 5.41) is 30.7. The number of rotatable bonds is 35. The SMILES string of the molecule is CSCC[C@H](NC(=O)[C@H](C)N)C(=O)N[C@@H](CC(C)C)C(=O)NCC(=O)NCC(=O)N[C@@H](CCCN=C(N)N)C(=O)N[C@@H](CCC(N)=O)C(=O)N[C@@H](Cc1c[nH]c2ccccc12)C(=O)N[C@@H](CCCN=C(N)N)C(=O)O. The van der Waals surface area contributed by atoms with Gasteiger partial charge in [-0.2, -0.15) is 11.8 Å². The van der Waals surface area contributed by atoms with E-state index in [0.717, 1.165) is 0 Å². The number of fused-ring (bicyclic) bond motifs is 1. The van der Waals surface area contributed by atoms with E-state index in [9.17, 15) is 53.1 Å². The highest BCUT2D eigenvalue weighted by atomic mass is 32.2. The molecule has 0 aliphatic rings. The Bertz CT molecular complexity index is 2340. The second-order valence-electron chi connectivity index (χ2n) is 17.9. The summed E-state index contributed by atoms with van der Waals surface area (Å²) < 4.78 is 0. The van der Waals surface area contributed by atoms with Gasteiger partial charge in [0, 0.05) is 43.0 Å². The Morgan fingerprint density at radius 3 is 1.68 bits per heavy atom. The molecule has 7 atom stereocenters. The van der Waals surface area contributed by atoms with Crippen molar-refractivity contribution in [2.75, 3.05) is 38.2 Å². The number of benzene rings is 1. The van der Waals surface area contributed by atoms with Gasteiger partial charge in [0.1, 0.15) is 36.3 Å². The Balaban J connectivity index is 2.29. The van der Waals surface area contributed by atoms with E-state index in [1.165, 1.54) is 18.7 Å². The van der Waals surface area contributed by atoms with E-state index in [0.29, 0.717) is 22.2 Å². The average molecular weight is 1070 g/mol. The number of carbonyl (C=O) groups is 10. The van der Waals surface area contributed by atoms with Gasteiger partial charge in [-0.1, -0.05) is 32.0 Å². The van der Waals surface area contributed by atoms with Crippen molar-refractivity contribution in [3.8, 4) is 0 Å². The maximum Gasteiger partial charge on any atom is 0.326 e. The maximum atomic E-state index is 14.2. The van der Waals surface area contributed by atoms with Crippen LogP contribution in [-0.4, -0.2) is 162 Å². The number of amides is 9. The minimum Gasteiger partial charge on any atom is -0.480 e. The normalized spacial score (nSPS) is 13.7. The number of aliphatic carboxylic acids is 1. The molecule has 416 valence electrons. The minimum atomic E-state index is -1.56. The van der Waals surface area contributed by atoms with Gasteiger partial charge >= 0.3 is 5.97 Å². The summed E-state index contributed by atoms with van der Waals surface area (Å²) in [6, 6.07) is -1.72. The van der Waals surface area contributed by atoms with Crippen molar-refractivity contribution >= 4 is 93.7 Å². The molecule has 2 aromatic rings. The molecule has 0 spiro atoms. The molecule has 29 heteroatoms. The van der Waals surface area contributed by atoms with Gasteiger partial charge in [0.15, 0.2) is 11.9 Å². The molecule has 0 aliphatic heterocycles. The molecule has 2 rings (SSSR count). The molecule has 0 unspecified atom stereocenters. The summed E-state index contributed by atoms with van der Waals surface area (Å²) in [5.74, 6) is -8.62. The molecule has 75 heavy (non-hydrogen) atoms. The van der Waals surface area contributed by atoms with Crippen LogP contribution < -0.4 is 76.9 Å². The van der Waals surface area contributed by atoms with Crippen LogP contribution in [0.4, 0.5) is 0 Å². The van der Waals surface area contributed by atoms with Crippen molar-refractivity contribution in [2.24, 2.45) is 50.3 Å². The lowest BCUT2D eigenvalue weighted by Crippen LogP contribution is -2.58. The number of primary amides is 1. The number of nitrogens with one attached hydrogen (secondary N) is 9. The molecular weight excluding hydrogens is 999 g/mol. The summed E-state index contributed by atoms with van der Waals surface area (Å²) in [7, 11) is 0. The number of hydrogen-bond donors (Lipinski definition) is 16. The van der Waals surface area contributed by atoms with Crippen LogP contribution in [0.1, 0.15) is 77.7 Å². The van der Waals surface area contributed by atoms with Gasteiger partial charge in [0.05, 0.1) is 19.1 Å². The first-order chi connectivity index (χ1) is 35.4. The molecule has 0 fully saturated rings. The number of aromatic amines is 1. The van der Waals surface area contributed by atoms with E-state index in [4.69, 9.17) is 34.4 Å². The number of thioether (sulfide) groups is 1. The Morgan fingerprint density at radius 2 is 1.12 bits per heavy atom. The fraction of sp³-hybridized carbons (Fsp3) is 0.565. The predicted molar refractivity (Wildman–Crippen MR) is 282 cm³/mol. The van der Waals surface area contributed by atoms with Crippen molar-refractivity contribution < 1.29 is 53.1 Å². The van der Waals surface area contributed by atoms with Crippen molar-refractivity contribution in [2.45, 2.75) is 121 Å². The third kappa shape index (κ3) is 24.7. The number of carbonyl (C=O) groups excluding carboxylic acids is 9. The van der Waals surface area contributed by atoms with Gasteiger partial charge in [-0.25, -0.2) is 4.79 Å². The van der Waals surface area contributed by atoms with Gasteiger partial charge < -0.3 is 87.0 Å². The fourth-order valence-electron chi connectivity index (χ4n) is 7.20. The second-order valence-corrected chi connectivity index (χ2v) is 18.9. The molecule has 0 saturated carbocycles. The zero-order valence-electron chi connectivity index (χ0n) is 42.7. The van der Waals surface area contributed by atoms with Crippen LogP contribution in [0.2, 0.25) is 0 Å². The number of aromatic nitrogens is 1. The monoisotopic (exact) mass is 1070 g/mol. The highest BCUT2D eigenvalue weighted by Gasteiger charge is 2.33. The van der Waals surface area contributed by atoms with Crippen LogP contribution in [0.5, 0.6) is 0 Å². The van der Waals surface area contributed by atoms with Crippen molar-refractivity contribution in [1.29, 1.82) is 0 Å². The summed E-state index contributed by atoms with van der Waals surface area (Å²) in [5.41, 5.74) is 34.0. The maximum absolute atomic E-state index is 14.2. The highest BCUT2D eigenvalue weighted by molar-refractivity contribution is 7.98. The number of carboxylic acid groups (broad SMARTS) is 1. The summed E-state index contributed by atoms with van der Waals surface area (Å²) >= 11 is 1.45. The molecule has 22 N–H and O–H groups in total. The van der Waals surface area contributed by atoms with Crippen molar-refractivity contribution in [3.63, 3.8) is 0 Å². The van der Waals surface area contributed by atoms with Gasteiger partial charge in [-0.05, 0) is 81.4 Å². The molecule has 0 saturated heterocycles. The minimum absolute atomic E-state index is 0.0124. The molecule has 0 radical (unpaired) electrons. The largest absolute Gasteiger partial charge is 0.480 e. The van der Waals surface area contributed by atoms with E-state index in [2.05, 4.69) is 57.5 Å².